The molecule has 0 radical (unpaired) electrons. The van der Waals surface area contributed by atoms with Gasteiger partial charge in [-0.05, 0) is 68.3 Å². The Labute approximate surface area is 86.5 Å². The highest BCUT2D eigenvalue weighted by Gasteiger charge is 2.51. The van der Waals surface area contributed by atoms with Crippen molar-refractivity contribution in [2.75, 3.05) is 6.61 Å². The summed E-state index contributed by atoms with van der Waals surface area (Å²) in [6, 6.07) is 0. The van der Waals surface area contributed by atoms with E-state index < -0.39 is 0 Å². The molecule has 3 aliphatic carbocycles. The predicted molar refractivity (Wildman–Crippen MR) is 56.8 cm³/mol. The fraction of sp³-hybridized carbons (Fsp3) is 0.846. The molecule has 0 heterocycles. The van der Waals surface area contributed by atoms with Gasteiger partial charge >= 0.3 is 0 Å². The molecule has 0 aliphatic heterocycles. The Hall–Kier alpha value is -0.460. The molecular weight excluding hydrogens is 172 g/mol. The molecule has 14 heavy (non-hydrogen) atoms. The number of fused-ring (bicyclic) bond motifs is 5. The van der Waals surface area contributed by atoms with Crippen LogP contribution in [0.4, 0.5) is 0 Å². The molecule has 0 saturated heterocycles. The third-order valence-electron chi connectivity index (χ3n) is 4.68. The van der Waals surface area contributed by atoms with Crippen LogP contribution in [-0.2, 0) is 4.74 Å². The maximum atomic E-state index is 5.47. The van der Waals surface area contributed by atoms with Gasteiger partial charge in [-0.1, -0.05) is 0 Å². The summed E-state index contributed by atoms with van der Waals surface area (Å²) in [6.45, 7) is 2.90. The van der Waals surface area contributed by atoms with Crippen LogP contribution < -0.4 is 0 Å². The first-order valence-corrected chi connectivity index (χ1v) is 6.20. The number of ether oxygens (including phenoxy) is 1. The topological polar surface area (TPSA) is 9.23 Å². The first-order chi connectivity index (χ1) is 6.90. The molecule has 4 atom stereocenters. The Bertz CT molecular complexity index is 256. The fourth-order valence-corrected chi connectivity index (χ4v) is 4.23. The highest BCUT2D eigenvalue weighted by molar-refractivity contribution is 5.19. The monoisotopic (exact) mass is 192 g/mol. The second-order valence-electron chi connectivity index (χ2n) is 5.21. The summed E-state index contributed by atoms with van der Waals surface area (Å²) in [4.78, 5) is 0. The van der Waals surface area contributed by atoms with E-state index in [1.807, 2.05) is 0 Å². The zero-order chi connectivity index (χ0) is 9.54. The smallest absolute Gasteiger partial charge is 0.0845 e. The largest absolute Gasteiger partial charge is 0.502 e. The van der Waals surface area contributed by atoms with Gasteiger partial charge in [-0.3, -0.25) is 0 Å². The lowest BCUT2D eigenvalue weighted by Gasteiger charge is -2.25. The minimum atomic E-state index is 0.828. The van der Waals surface area contributed by atoms with Crippen LogP contribution in [0.5, 0.6) is 0 Å². The molecule has 0 aromatic carbocycles. The van der Waals surface area contributed by atoms with Crippen LogP contribution >= 0.6 is 0 Å². The number of hydrogen-bond acceptors (Lipinski definition) is 1. The highest BCUT2D eigenvalue weighted by Crippen LogP contribution is 2.60. The summed E-state index contributed by atoms with van der Waals surface area (Å²) in [5.41, 5.74) is 1.64. The summed E-state index contributed by atoms with van der Waals surface area (Å²) in [5.74, 6) is 4.08. The van der Waals surface area contributed by atoms with E-state index in [0.29, 0.717) is 0 Å². The normalized spacial score (nSPS) is 47.4. The summed E-state index contributed by atoms with van der Waals surface area (Å²) >= 11 is 0. The third-order valence-corrected chi connectivity index (χ3v) is 4.68. The second-order valence-corrected chi connectivity index (χ2v) is 5.21. The summed E-state index contributed by atoms with van der Waals surface area (Å²) in [7, 11) is 0. The fourth-order valence-electron chi connectivity index (χ4n) is 4.23. The molecule has 1 nitrogen and oxygen atoms in total. The summed E-state index contributed by atoms with van der Waals surface area (Å²) < 4.78 is 5.47. The van der Waals surface area contributed by atoms with E-state index in [-0.39, 0.29) is 0 Å². The van der Waals surface area contributed by atoms with Crippen LogP contribution in [0.25, 0.3) is 0 Å². The van der Waals surface area contributed by atoms with Crippen molar-refractivity contribution in [2.45, 2.75) is 39.0 Å². The summed E-state index contributed by atoms with van der Waals surface area (Å²) in [5, 5.41) is 0. The third kappa shape index (κ3) is 1.14. The van der Waals surface area contributed by atoms with Crippen molar-refractivity contribution in [3.8, 4) is 0 Å². The first kappa shape index (κ1) is 8.82. The molecule has 78 valence electrons. The molecule has 0 aromatic heterocycles. The van der Waals surface area contributed by atoms with Crippen molar-refractivity contribution in [1.29, 1.82) is 0 Å². The molecule has 3 saturated carbocycles. The van der Waals surface area contributed by atoms with Crippen LogP contribution in [0.2, 0.25) is 0 Å². The van der Waals surface area contributed by atoms with Gasteiger partial charge in [0.1, 0.15) is 0 Å². The highest BCUT2D eigenvalue weighted by atomic mass is 16.5. The Morgan fingerprint density at radius 2 is 2.14 bits per heavy atom. The SMILES string of the molecule is CCO/C=C1/CCC2C3CCC(C3)C12. The number of hydrogen-bond donors (Lipinski definition) is 0. The molecule has 3 rings (SSSR count). The van der Waals surface area contributed by atoms with Crippen LogP contribution in [0, 0.1) is 23.7 Å². The predicted octanol–water partition coefficient (Wildman–Crippen LogP) is 3.36. The van der Waals surface area contributed by atoms with Crippen molar-refractivity contribution < 1.29 is 4.74 Å². The van der Waals surface area contributed by atoms with Crippen LogP contribution in [0.3, 0.4) is 0 Å². The van der Waals surface area contributed by atoms with Gasteiger partial charge in [0.25, 0.3) is 0 Å². The molecule has 0 amide bonds. The Morgan fingerprint density at radius 3 is 3.00 bits per heavy atom. The van der Waals surface area contributed by atoms with Crippen molar-refractivity contribution >= 4 is 0 Å². The average molecular weight is 192 g/mol. The first-order valence-electron chi connectivity index (χ1n) is 6.20. The molecule has 0 spiro atoms. The number of allylic oxidation sites excluding steroid dienone is 1. The average Bonchev–Trinajstić information content (AvgIpc) is 2.87. The van der Waals surface area contributed by atoms with E-state index in [1.54, 1.807) is 5.57 Å². The molecule has 2 bridgehead atoms. The quantitative estimate of drug-likeness (QED) is 0.609. The van der Waals surface area contributed by atoms with Gasteiger partial charge in [0.05, 0.1) is 12.9 Å². The molecule has 1 heteroatoms. The minimum Gasteiger partial charge on any atom is -0.502 e. The van der Waals surface area contributed by atoms with Crippen LogP contribution in [0.1, 0.15) is 39.0 Å². The minimum absolute atomic E-state index is 0.828. The van der Waals surface area contributed by atoms with Crippen molar-refractivity contribution in [3.63, 3.8) is 0 Å². The van der Waals surface area contributed by atoms with Gasteiger partial charge in [-0.25, -0.2) is 0 Å². The Kier molecular flexibility index (Phi) is 2.07. The number of rotatable bonds is 2. The van der Waals surface area contributed by atoms with Crippen molar-refractivity contribution in [3.05, 3.63) is 11.8 Å². The standard InChI is InChI=1S/C13H20O/c1-2-14-8-11-5-6-12-9-3-4-10(7-9)13(11)12/h8-10,12-13H,2-7H2,1H3/b11-8-. The van der Waals surface area contributed by atoms with Gasteiger partial charge < -0.3 is 4.74 Å². The molecule has 3 aliphatic rings. The van der Waals surface area contributed by atoms with E-state index in [0.717, 1.165) is 30.3 Å². The molecule has 0 aromatic rings. The zero-order valence-corrected chi connectivity index (χ0v) is 9.04. The maximum absolute atomic E-state index is 5.47. The van der Waals surface area contributed by atoms with Gasteiger partial charge in [-0.15, -0.1) is 0 Å². The van der Waals surface area contributed by atoms with E-state index >= 15 is 0 Å². The Morgan fingerprint density at radius 1 is 1.29 bits per heavy atom. The maximum Gasteiger partial charge on any atom is 0.0845 e. The molecule has 3 fully saturated rings. The van der Waals surface area contributed by atoms with E-state index in [1.165, 1.54) is 32.1 Å². The van der Waals surface area contributed by atoms with Gasteiger partial charge in [0, 0.05) is 0 Å². The lowest BCUT2D eigenvalue weighted by Crippen LogP contribution is -2.17. The summed E-state index contributed by atoms with van der Waals surface area (Å²) in [6.07, 6.45) is 9.40. The lowest BCUT2D eigenvalue weighted by atomic mass is 9.80. The van der Waals surface area contributed by atoms with Gasteiger partial charge in [0.2, 0.25) is 0 Å². The van der Waals surface area contributed by atoms with Crippen molar-refractivity contribution in [1.82, 2.24) is 0 Å². The molecule has 0 N–H and O–H groups in total. The van der Waals surface area contributed by atoms with Gasteiger partial charge in [-0.2, -0.15) is 0 Å². The van der Waals surface area contributed by atoms with Crippen LogP contribution in [-0.4, -0.2) is 6.61 Å². The second kappa shape index (κ2) is 3.29. The van der Waals surface area contributed by atoms with E-state index in [4.69, 9.17) is 4.74 Å². The van der Waals surface area contributed by atoms with E-state index in [2.05, 4.69) is 13.2 Å². The van der Waals surface area contributed by atoms with Crippen molar-refractivity contribution in [2.24, 2.45) is 23.7 Å². The van der Waals surface area contributed by atoms with E-state index in [9.17, 15) is 0 Å². The van der Waals surface area contributed by atoms with Gasteiger partial charge in [0.15, 0.2) is 0 Å². The lowest BCUT2D eigenvalue weighted by molar-refractivity contribution is 0.249. The Balaban J connectivity index is 1.79. The zero-order valence-electron chi connectivity index (χ0n) is 9.04. The molecule has 4 unspecified atom stereocenters. The molecular formula is C13H20O. The van der Waals surface area contributed by atoms with Crippen LogP contribution in [0.15, 0.2) is 11.8 Å².